The number of aryl methyl sites for hydroxylation is 1. The normalized spacial score (nSPS) is 10.7. The molecule has 0 aliphatic carbocycles. The number of rotatable bonds is 4. The third kappa shape index (κ3) is 3.24. The van der Waals surface area contributed by atoms with Gasteiger partial charge in [0.25, 0.3) is 5.56 Å². The monoisotopic (exact) mass is 327 g/mol. The SMILES string of the molecule is O=C(CCn1c(=O)[nH]c(=O)c2ccccc21)Nc1cccc(F)c1. The predicted octanol–water partition coefficient (Wildman–Crippen LogP) is 1.86. The highest BCUT2D eigenvalue weighted by atomic mass is 19.1. The number of carbonyl (C=O) groups is 1. The Morgan fingerprint density at radius 3 is 2.71 bits per heavy atom. The molecule has 1 amide bonds. The van der Waals surface area contributed by atoms with Crippen molar-refractivity contribution in [1.82, 2.24) is 9.55 Å². The van der Waals surface area contributed by atoms with E-state index in [1.54, 1.807) is 30.3 Å². The second-order valence-corrected chi connectivity index (χ2v) is 5.24. The number of para-hydroxylation sites is 1. The average molecular weight is 327 g/mol. The molecule has 3 aromatic rings. The van der Waals surface area contributed by atoms with E-state index in [1.165, 1.54) is 22.8 Å². The summed E-state index contributed by atoms with van der Waals surface area (Å²) in [5.41, 5.74) is -0.225. The third-order valence-corrected chi connectivity index (χ3v) is 3.58. The van der Waals surface area contributed by atoms with Gasteiger partial charge in [-0.1, -0.05) is 18.2 Å². The number of H-pyrrole nitrogens is 1. The standard InChI is InChI=1S/C17H14FN3O3/c18-11-4-3-5-12(10-11)19-15(22)8-9-21-14-7-2-1-6-13(14)16(23)20-17(21)24/h1-7,10H,8-9H2,(H,19,22)(H,20,23,24). The van der Waals surface area contributed by atoms with Crippen molar-refractivity contribution in [2.75, 3.05) is 5.32 Å². The smallest absolute Gasteiger partial charge is 0.326 e. The van der Waals surface area contributed by atoms with Crippen LogP contribution < -0.4 is 16.6 Å². The van der Waals surface area contributed by atoms with Gasteiger partial charge in [-0.2, -0.15) is 0 Å². The lowest BCUT2D eigenvalue weighted by atomic mass is 10.2. The van der Waals surface area contributed by atoms with Crippen LogP contribution in [0.25, 0.3) is 10.9 Å². The molecule has 0 aliphatic heterocycles. The highest BCUT2D eigenvalue weighted by Gasteiger charge is 2.09. The molecule has 1 aromatic heterocycles. The second kappa shape index (κ2) is 6.49. The van der Waals surface area contributed by atoms with Crippen molar-refractivity contribution in [2.24, 2.45) is 0 Å². The maximum Gasteiger partial charge on any atom is 0.328 e. The van der Waals surface area contributed by atoms with E-state index in [2.05, 4.69) is 10.3 Å². The Labute approximate surface area is 135 Å². The van der Waals surface area contributed by atoms with E-state index in [0.717, 1.165) is 0 Å². The molecule has 1 heterocycles. The van der Waals surface area contributed by atoms with Gasteiger partial charge in [0.1, 0.15) is 5.82 Å². The molecule has 24 heavy (non-hydrogen) atoms. The van der Waals surface area contributed by atoms with Gasteiger partial charge in [0.2, 0.25) is 5.91 Å². The highest BCUT2D eigenvalue weighted by Crippen LogP contribution is 2.10. The number of anilines is 1. The quantitative estimate of drug-likeness (QED) is 0.767. The van der Waals surface area contributed by atoms with Crippen LogP contribution in [0.4, 0.5) is 10.1 Å². The Balaban J connectivity index is 1.80. The number of aromatic nitrogens is 2. The Hall–Kier alpha value is -3.22. The molecule has 2 N–H and O–H groups in total. The number of hydrogen-bond donors (Lipinski definition) is 2. The topological polar surface area (TPSA) is 84.0 Å². The number of aromatic amines is 1. The molecule has 0 saturated heterocycles. The zero-order valence-corrected chi connectivity index (χ0v) is 12.6. The van der Waals surface area contributed by atoms with E-state index in [1.807, 2.05) is 0 Å². The number of benzene rings is 2. The summed E-state index contributed by atoms with van der Waals surface area (Å²) < 4.78 is 14.4. The molecule has 7 heteroatoms. The molecule has 122 valence electrons. The van der Waals surface area contributed by atoms with Gasteiger partial charge in [-0.15, -0.1) is 0 Å². The van der Waals surface area contributed by atoms with Crippen molar-refractivity contribution >= 4 is 22.5 Å². The van der Waals surface area contributed by atoms with Crippen molar-refractivity contribution in [3.63, 3.8) is 0 Å². The maximum atomic E-state index is 13.1. The average Bonchev–Trinajstić information content (AvgIpc) is 2.54. The predicted molar refractivity (Wildman–Crippen MR) is 88.5 cm³/mol. The fraction of sp³-hybridized carbons (Fsp3) is 0.118. The van der Waals surface area contributed by atoms with Crippen molar-refractivity contribution in [3.05, 3.63) is 75.2 Å². The van der Waals surface area contributed by atoms with E-state index in [9.17, 15) is 18.8 Å². The van der Waals surface area contributed by atoms with Crippen LogP contribution >= 0.6 is 0 Å². The molecule has 3 rings (SSSR count). The summed E-state index contributed by atoms with van der Waals surface area (Å²) in [5.74, 6) is -0.807. The summed E-state index contributed by atoms with van der Waals surface area (Å²) in [7, 11) is 0. The van der Waals surface area contributed by atoms with Crippen LogP contribution in [0.5, 0.6) is 0 Å². The molecule has 0 fully saturated rings. The molecule has 0 spiro atoms. The first-order valence-corrected chi connectivity index (χ1v) is 7.32. The van der Waals surface area contributed by atoms with Crippen LogP contribution in [0.2, 0.25) is 0 Å². The van der Waals surface area contributed by atoms with Gasteiger partial charge in [0.15, 0.2) is 0 Å². The lowest BCUT2D eigenvalue weighted by Gasteiger charge is -2.09. The number of nitrogens with zero attached hydrogens (tertiary/aromatic N) is 1. The van der Waals surface area contributed by atoms with E-state index < -0.39 is 17.1 Å². The Morgan fingerprint density at radius 2 is 1.92 bits per heavy atom. The van der Waals surface area contributed by atoms with Crippen LogP contribution in [0.1, 0.15) is 6.42 Å². The fourth-order valence-electron chi connectivity index (χ4n) is 2.47. The van der Waals surface area contributed by atoms with E-state index in [4.69, 9.17) is 0 Å². The minimum absolute atomic E-state index is 0.00641. The molecule has 0 bridgehead atoms. The van der Waals surface area contributed by atoms with Crippen LogP contribution in [-0.4, -0.2) is 15.5 Å². The summed E-state index contributed by atoms with van der Waals surface area (Å²) in [6, 6.07) is 12.2. The molecular formula is C17H14FN3O3. The van der Waals surface area contributed by atoms with Crippen LogP contribution in [0.3, 0.4) is 0 Å². The summed E-state index contributed by atoms with van der Waals surface area (Å²) in [6.45, 7) is 0.0945. The van der Waals surface area contributed by atoms with E-state index in [-0.39, 0.29) is 18.9 Å². The number of amides is 1. The first-order valence-electron chi connectivity index (χ1n) is 7.32. The van der Waals surface area contributed by atoms with Crippen LogP contribution in [0.15, 0.2) is 58.1 Å². The zero-order chi connectivity index (χ0) is 17.1. The van der Waals surface area contributed by atoms with Gasteiger partial charge >= 0.3 is 5.69 Å². The van der Waals surface area contributed by atoms with Crippen LogP contribution in [0, 0.1) is 5.82 Å². The fourth-order valence-corrected chi connectivity index (χ4v) is 2.47. The van der Waals surface area contributed by atoms with Crippen molar-refractivity contribution < 1.29 is 9.18 Å². The summed E-state index contributed by atoms with van der Waals surface area (Å²) in [5, 5.41) is 2.94. The molecule has 0 radical (unpaired) electrons. The Kier molecular flexibility index (Phi) is 4.24. The molecular weight excluding hydrogens is 313 g/mol. The van der Waals surface area contributed by atoms with Crippen molar-refractivity contribution in [2.45, 2.75) is 13.0 Å². The number of halogens is 1. The first kappa shape index (κ1) is 15.7. The van der Waals surface area contributed by atoms with E-state index in [0.29, 0.717) is 16.6 Å². The molecule has 2 aromatic carbocycles. The Bertz CT molecular complexity index is 1020. The molecule has 0 atom stereocenters. The minimum atomic E-state index is -0.572. The molecule has 0 unspecified atom stereocenters. The largest absolute Gasteiger partial charge is 0.328 e. The number of hydrogen-bond acceptors (Lipinski definition) is 3. The molecule has 0 aliphatic rings. The number of carbonyl (C=O) groups excluding carboxylic acids is 1. The summed E-state index contributed by atoms with van der Waals surface area (Å²) in [4.78, 5) is 38.0. The van der Waals surface area contributed by atoms with Crippen LogP contribution in [-0.2, 0) is 11.3 Å². The number of nitrogens with one attached hydrogen (secondary N) is 2. The maximum absolute atomic E-state index is 13.1. The van der Waals surface area contributed by atoms with E-state index >= 15 is 0 Å². The van der Waals surface area contributed by atoms with Gasteiger partial charge < -0.3 is 5.32 Å². The van der Waals surface area contributed by atoms with Gasteiger partial charge in [0, 0.05) is 18.7 Å². The third-order valence-electron chi connectivity index (χ3n) is 3.58. The molecule has 6 nitrogen and oxygen atoms in total. The minimum Gasteiger partial charge on any atom is -0.326 e. The summed E-state index contributed by atoms with van der Waals surface area (Å²) in [6.07, 6.45) is 0.00641. The first-order chi connectivity index (χ1) is 11.5. The number of fused-ring (bicyclic) bond motifs is 1. The Morgan fingerprint density at radius 1 is 1.12 bits per heavy atom. The van der Waals surface area contributed by atoms with Gasteiger partial charge in [0.05, 0.1) is 10.9 Å². The van der Waals surface area contributed by atoms with Gasteiger partial charge in [-0.05, 0) is 30.3 Å². The van der Waals surface area contributed by atoms with Gasteiger partial charge in [-0.25, -0.2) is 9.18 Å². The lowest BCUT2D eigenvalue weighted by Crippen LogP contribution is -2.31. The highest BCUT2D eigenvalue weighted by molar-refractivity contribution is 5.90. The second-order valence-electron chi connectivity index (χ2n) is 5.24. The van der Waals surface area contributed by atoms with Crippen molar-refractivity contribution in [3.8, 4) is 0 Å². The molecule has 0 saturated carbocycles. The summed E-state index contributed by atoms with van der Waals surface area (Å²) >= 11 is 0. The zero-order valence-electron chi connectivity index (χ0n) is 12.6. The lowest BCUT2D eigenvalue weighted by molar-refractivity contribution is -0.116. The van der Waals surface area contributed by atoms with Gasteiger partial charge in [-0.3, -0.25) is 19.1 Å². The van der Waals surface area contributed by atoms with Crippen molar-refractivity contribution in [1.29, 1.82) is 0 Å².